The van der Waals surface area contributed by atoms with Crippen LogP contribution in [0.5, 0.6) is 5.75 Å². The molecule has 1 unspecified atom stereocenters. The highest BCUT2D eigenvalue weighted by atomic mass is 32.1. The number of aromatic nitrogens is 1. The smallest absolute Gasteiger partial charge is 0.119 e. The van der Waals surface area contributed by atoms with Crippen molar-refractivity contribution in [2.45, 2.75) is 12.6 Å². The van der Waals surface area contributed by atoms with Gasteiger partial charge in [-0.15, -0.1) is 11.3 Å². The van der Waals surface area contributed by atoms with E-state index in [9.17, 15) is 0 Å². The summed E-state index contributed by atoms with van der Waals surface area (Å²) >= 11 is 1.61. The summed E-state index contributed by atoms with van der Waals surface area (Å²) in [5.41, 5.74) is 10.0. The van der Waals surface area contributed by atoms with Gasteiger partial charge in [-0.25, -0.2) is 4.98 Å². The second-order valence-electron chi connectivity index (χ2n) is 4.42. The third-order valence-corrected chi connectivity index (χ3v) is 3.76. The number of methoxy groups -OCH3 is 1. The lowest BCUT2D eigenvalue weighted by molar-refractivity contribution is 0.239. The van der Waals surface area contributed by atoms with Gasteiger partial charge in [-0.1, -0.05) is 12.1 Å². The van der Waals surface area contributed by atoms with E-state index < -0.39 is 0 Å². The number of rotatable bonds is 6. The van der Waals surface area contributed by atoms with E-state index >= 15 is 0 Å². The van der Waals surface area contributed by atoms with Crippen molar-refractivity contribution in [3.8, 4) is 5.75 Å². The van der Waals surface area contributed by atoms with Crippen molar-refractivity contribution in [2.24, 2.45) is 5.73 Å². The van der Waals surface area contributed by atoms with Gasteiger partial charge in [-0.2, -0.15) is 0 Å². The minimum atomic E-state index is 0.164. The van der Waals surface area contributed by atoms with Gasteiger partial charge in [0.25, 0.3) is 0 Å². The maximum atomic E-state index is 5.93. The van der Waals surface area contributed by atoms with Gasteiger partial charge in [0.1, 0.15) is 5.75 Å². The highest BCUT2D eigenvalue weighted by molar-refractivity contribution is 7.07. The van der Waals surface area contributed by atoms with Crippen LogP contribution >= 0.6 is 11.3 Å². The van der Waals surface area contributed by atoms with Crippen LogP contribution in [0.1, 0.15) is 17.3 Å². The zero-order valence-electron chi connectivity index (χ0n) is 11.2. The van der Waals surface area contributed by atoms with Crippen molar-refractivity contribution in [1.29, 1.82) is 0 Å². The number of nitrogens with zero attached hydrogens (tertiary/aromatic N) is 2. The Morgan fingerprint density at radius 1 is 1.47 bits per heavy atom. The van der Waals surface area contributed by atoms with E-state index in [4.69, 9.17) is 10.5 Å². The number of ether oxygens (including phenoxy) is 1. The summed E-state index contributed by atoms with van der Waals surface area (Å²) in [5, 5.41) is 2.07. The lowest BCUT2D eigenvalue weighted by Crippen LogP contribution is -2.30. The third-order valence-electron chi connectivity index (χ3n) is 3.13. The molecule has 0 aliphatic rings. The van der Waals surface area contributed by atoms with Gasteiger partial charge in [0, 0.05) is 24.5 Å². The number of thiazole rings is 1. The third kappa shape index (κ3) is 3.53. The summed E-state index contributed by atoms with van der Waals surface area (Å²) in [7, 11) is 3.74. The molecule has 1 aromatic heterocycles. The molecular formula is C14H19N3OS. The van der Waals surface area contributed by atoms with Crippen LogP contribution in [0.15, 0.2) is 35.2 Å². The molecular weight excluding hydrogens is 258 g/mol. The first kappa shape index (κ1) is 14.0. The van der Waals surface area contributed by atoms with Gasteiger partial charge < -0.3 is 10.5 Å². The molecule has 0 spiro atoms. The normalized spacial score (nSPS) is 12.6. The first-order chi connectivity index (χ1) is 9.24. The van der Waals surface area contributed by atoms with Gasteiger partial charge in [0.15, 0.2) is 0 Å². The molecule has 5 heteroatoms. The van der Waals surface area contributed by atoms with Crippen LogP contribution in [0.25, 0.3) is 0 Å². The molecule has 0 aliphatic carbocycles. The molecule has 4 nitrogen and oxygen atoms in total. The summed E-state index contributed by atoms with van der Waals surface area (Å²) in [6.45, 7) is 1.36. The standard InChI is InChI=1S/C14H19N3OS/c1-17(8-12-9-19-10-16-12)14(7-15)11-4-3-5-13(6-11)18-2/h3-6,9-10,14H,7-8,15H2,1-2H3. The van der Waals surface area contributed by atoms with Gasteiger partial charge in [-0.3, -0.25) is 4.90 Å². The lowest BCUT2D eigenvalue weighted by atomic mass is 10.1. The maximum absolute atomic E-state index is 5.93. The molecule has 0 amide bonds. The zero-order chi connectivity index (χ0) is 13.7. The molecule has 1 atom stereocenters. The maximum Gasteiger partial charge on any atom is 0.119 e. The van der Waals surface area contributed by atoms with Crippen LogP contribution in [0.3, 0.4) is 0 Å². The molecule has 1 aromatic carbocycles. The monoisotopic (exact) mass is 277 g/mol. The second kappa shape index (κ2) is 6.65. The van der Waals surface area contributed by atoms with Crippen LogP contribution in [0, 0.1) is 0 Å². The van der Waals surface area contributed by atoms with Crippen molar-refractivity contribution < 1.29 is 4.74 Å². The van der Waals surface area contributed by atoms with Crippen molar-refractivity contribution >= 4 is 11.3 Å². The van der Waals surface area contributed by atoms with Crippen LogP contribution in [0.4, 0.5) is 0 Å². The molecule has 0 saturated carbocycles. The van der Waals surface area contributed by atoms with E-state index in [1.165, 1.54) is 5.56 Å². The fourth-order valence-electron chi connectivity index (χ4n) is 2.10. The number of benzene rings is 1. The van der Waals surface area contributed by atoms with Crippen molar-refractivity contribution in [3.05, 3.63) is 46.4 Å². The van der Waals surface area contributed by atoms with Crippen molar-refractivity contribution in [1.82, 2.24) is 9.88 Å². The predicted octanol–water partition coefficient (Wildman–Crippen LogP) is 2.28. The summed E-state index contributed by atoms with van der Waals surface area (Å²) in [4.78, 5) is 6.52. The first-order valence-corrected chi connectivity index (χ1v) is 7.10. The Kier molecular flexibility index (Phi) is 4.90. The molecule has 0 saturated heterocycles. The Hall–Kier alpha value is -1.43. The quantitative estimate of drug-likeness (QED) is 0.880. The predicted molar refractivity (Wildman–Crippen MR) is 78.4 cm³/mol. The summed E-state index contributed by atoms with van der Waals surface area (Å²) in [5.74, 6) is 0.859. The number of nitrogens with two attached hydrogens (primary N) is 1. The molecule has 102 valence electrons. The van der Waals surface area contributed by atoms with Gasteiger partial charge in [-0.05, 0) is 24.7 Å². The SMILES string of the molecule is COc1cccc(C(CN)N(C)Cc2cscn2)c1. The van der Waals surface area contributed by atoms with E-state index in [2.05, 4.69) is 28.4 Å². The fraction of sp³-hybridized carbons (Fsp3) is 0.357. The minimum Gasteiger partial charge on any atom is -0.497 e. The molecule has 1 heterocycles. The van der Waals surface area contributed by atoms with Crippen LogP contribution in [-0.2, 0) is 6.54 Å². The largest absolute Gasteiger partial charge is 0.497 e. The Morgan fingerprint density at radius 2 is 2.32 bits per heavy atom. The highest BCUT2D eigenvalue weighted by Gasteiger charge is 2.16. The van der Waals surface area contributed by atoms with Crippen LogP contribution < -0.4 is 10.5 Å². The van der Waals surface area contributed by atoms with Crippen LogP contribution in [0.2, 0.25) is 0 Å². The van der Waals surface area contributed by atoms with E-state index in [-0.39, 0.29) is 6.04 Å². The van der Waals surface area contributed by atoms with Gasteiger partial charge in [0.2, 0.25) is 0 Å². The lowest BCUT2D eigenvalue weighted by Gasteiger charge is -2.27. The van der Waals surface area contributed by atoms with Gasteiger partial charge >= 0.3 is 0 Å². The van der Waals surface area contributed by atoms with E-state index in [1.807, 2.05) is 23.7 Å². The molecule has 0 aliphatic heterocycles. The molecule has 0 fully saturated rings. The molecule has 2 aromatic rings. The Bertz CT molecular complexity index is 501. The Labute approximate surface area is 117 Å². The summed E-state index contributed by atoms with van der Waals surface area (Å²) < 4.78 is 5.27. The molecule has 0 bridgehead atoms. The topological polar surface area (TPSA) is 51.4 Å². The van der Waals surface area contributed by atoms with E-state index in [1.54, 1.807) is 18.4 Å². The Morgan fingerprint density at radius 3 is 2.95 bits per heavy atom. The summed E-state index contributed by atoms with van der Waals surface area (Å²) in [6.07, 6.45) is 0. The van der Waals surface area contributed by atoms with E-state index in [0.29, 0.717) is 6.54 Å². The van der Waals surface area contributed by atoms with Crippen molar-refractivity contribution in [3.63, 3.8) is 0 Å². The average Bonchev–Trinajstić information content (AvgIpc) is 2.92. The number of hydrogen-bond donors (Lipinski definition) is 1. The molecule has 2 rings (SSSR count). The second-order valence-corrected chi connectivity index (χ2v) is 5.14. The Balaban J connectivity index is 2.13. The van der Waals surface area contributed by atoms with Crippen LogP contribution in [-0.4, -0.2) is 30.6 Å². The average molecular weight is 277 g/mol. The molecule has 0 radical (unpaired) electrons. The van der Waals surface area contributed by atoms with Crippen molar-refractivity contribution in [2.75, 3.05) is 20.7 Å². The first-order valence-electron chi connectivity index (χ1n) is 6.16. The fourth-order valence-corrected chi connectivity index (χ4v) is 2.65. The molecule has 19 heavy (non-hydrogen) atoms. The summed E-state index contributed by atoms with van der Waals surface area (Å²) in [6, 6.07) is 8.22. The zero-order valence-corrected chi connectivity index (χ0v) is 12.1. The molecule has 2 N–H and O–H groups in total. The number of likely N-dealkylation sites (N-methyl/N-ethyl adjacent to an activating group) is 1. The van der Waals surface area contributed by atoms with E-state index in [0.717, 1.165) is 18.0 Å². The van der Waals surface area contributed by atoms with Gasteiger partial charge in [0.05, 0.1) is 18.3 Å². The number of hydrogen-bond acceptors (Lipinski definition) is 5. The highest BCUT2D eigenvalue weighted by Crippen LogP contribution is 2.23. The minimum absolute atomic E-state index is 0.164.